The smallest absolute Gasteiger partial charge is 0.233 e. The van der Waals surface area contributed by atoms with Crippen LogP contribution < -0.4 is 10.5 Å². The molecule has 1 aliphatic heterocycles. The van der Waals surface area contributed by atoms with E-state index in [9.17, 15) is 9.59 Å². The Kier molecular flexibility index (Phi) is 5.57. The van der Waals surface area contributed by atoms with Gasteiger partial charge in [0.05, 0.1) is 18.9 Å². The molecule has 1 saturated carbocycles. The van der Waals surface area contributed by atoms with Crippen LogP contribution in [-0.2, 0) is 9.59 Å². The molecule has 2 heterocycles. The fraction of sp³-hybridized carbons (Fsp3) is 0.481. The van der Waals surface area contributed by atoms with Gasteiger partial charge in [-0.1, -0.05) is 30.7 Å². The van der Waals surface area contributed by atoms with Crippen LogP contribution in [0.1, 0.15) is 19.3 Å². The zero-order valence-corrected chi connectivity index (χ0v) is 20.2. The molecule has 0 spiro atoms. The third-order valence-electron chi connectivity index (χ3n) is 8.27. The summed E-state index contributed by atoms with van der Waals surface area (Å²) in [7, 11) is 1.68. The number of hydrogen-bond acceptors (Lipinski definition) is 5. The molecule has 4 aliphatic carbocycles. The van der Waals surface area contributed by atoms with Crippen LogP contribution in [0.5, 0.6) is 5.75 Å². The first-order chi connectivity index (χ1) is 16.6. The fourth-order valence-electron chi connectivity index (χ4n) is 6.45. The Balaban J connectivity index is 0.988. The molecule has 7 unspecified atom stereocenters. The summed E-state index contributed by atoms with van der Waals surface area (Å²) < 4.78 is 5.35. The van der Waals surface area contributed by atoms with Gasteiger partial charge in [-0.2, -0.15) is 0 Å². The van der Waals surface area contributed by atoms with Crippen molar-refractivity contribution in [1.29, 1.82) is 0 Å². The minimum Gasteiger partial charge on any atom is -0.497 e. The molecule has 0 radical (unpaired) electrons. The normalized spacial score (nSPS) is 31.6. The molecule has 7 atom stereocenters. The highest BCUT2D eigenvalue weighted by Crippen LogP contribution is 2.58. The van der Waals surface area contributed by atoms with Crippen molar-refractivity contribution in [2.75, 3.05) is 19.4 Å². The quantitative estimate of drug-likeness (QED) is 0.247. The summed E-state index contributed by atoms with van der Waals surface area (Å²) in [6.45, 7) is 0.523. The lowest BCUT2D eigenvalue weighted by Gasteiger charge is -2.51. The molecule has 5 aliphatic rings. The molecule has 7 rings (SSSR count). The maximum atomic E-state index is 13.1. The highest BCUT2D eigenvalue weighted by atomic mass is 32.2. The molecular formula is C27H31N3O3S. The second kappa shape index (κ2) is 8.61. The Bertz CT molecular complexity index is 1150. The minimum atomic E-state index is -0.137. The largest absolute Gasteiger partial charge is 0.497 e. The minimum absolute atomic E-state index is 0.0581. The van der Waals surface area contributed by atoms with Gasteiger partial charge in [-0.15, -0.1) is 11.8 Å². The van der Waals surface area contributed by atoms with Crippen LogP contribution in [0.2, 0.25) is 0 Å². The van der Waals surface area contributed by atoms with Crippen molar-refractivity contribution in [3.8, 4) is 5.75 Å². The van der Waals surface area contributed by atoms with Gasteiger partial charge in [-0.25, -0.2) is 0 Å². The molecular weight excluding hydrogens is 446 g/mol. The average molecular weight is 478 g/mol. The number of nitrogens with two attached hydrogens (primary N) is 1. The van der Waals surface area contributed by atoms with Gasteiger partial charge < -0.3 is 15.5 Å². The van der Waals surface area contributed by atoms with Crippen LogP contribution in [0, 0.1) is 35.5 Å². The number of nitrogens with one attached hydrogen (secondary N) is 1. The molecule has 1 aromatic carbocycles. The first-order valence-corrected chi connectivity index (χ1v) is 13.3. The summed E-state index contributed by atoms with van der Waals surface area (Å²) >= 11 is 1.75. The van der Waals surface area contributed by atoms with Gasteiger partial charge in [0.15, 0.2) is 0 Å². The van der Waals surface area contributed by atoms with Crippen LogP contribution in [0.3, 0.4) is 0 Å². The van der Waals surface area contributed by atoms with Crippen molar-refractivity contribution < 1.29 is 14.3 Å². The molecule has 178 valence electrons. The number of carbonyl (C=O) groups excluding carboxylic acids is 2. The molecule has 6 nitrogen and oxygen atoms in total. The van der Waals surface area contributed by atoms with E-state index in [-0.39, 0.29) is 41.5 Å². The lowest BCUT2D eigenvalue weighted by molar-refractivity contribution is -0.140. The number of hydrogen-bond donors (Lipinski definition) is 2. The van der Waals surface area contributed by atoms with E-state index >= 15 is 0 Å². The second-order valence-electron chi connectivity index (χ2n) is 10.1. The summed E-state index contributed by atoms with van der Waals surface area (Å²) in [6.07, 6.45) is 13.5. The van der Waals surface area contributed by atoms with E-state index in [2.05, 4.69) is 29.3 Å². The van der Waals surface area contributed by atoms with Gasteiger partial charge >= 0.3 is 0 Å². The highest BCUT2D eigenvalue weighted by Gasteiger charge is 2.62. The average Bonchev–Trinajstić information content (AvgIpc) is 3.34. The number of nitrogens with zero attached hydrogens (tertiary/aromatic N) is 1. The van der Waals surface area contributed by atoms with E-state index < -0.39 is 0 Å². The van der Waals surface area contributed by atoms with E-state index in [0.717, 1.165) is 41.7 Å². The second-order valence-corrected chi connectivity index (χ2v) is 11.2. The fourth-order valence-corrected chi connectivity index (χ4v) is 7.48. The van der Waals surface area contributed by atoms with E-state index in [1.165, 1.54) is 4.90 Å². The van der Waals surface area contributed by atoms with Gasteiger partial charge in [0, 0.05) is 40.3 Å². The molecule has 2 aromatic rings. The number of imide groups is 1. The van der Waals surface area contributed by atoms with Gasteiger partial charge in [0.25, 0.3) is 0 Å². The number of rotatable bonds is 9. The number of allylic oxidation sites excluding steroid dienone is 4. The van der Waals surface area contributed by atoms with Crippen molar-refractivity contribution in [1.82, 2.24) is 9.88 Å². The van der Waals surface area contributed by atoms with Gasteiger partial charge in [-0.3, -0.25) is 14.5 Å². The number of aromatic amines is 1. The zero-order valence-electron chi connectivity index (χ0n) is 19.4. The molecule has 7 heteroatoms. The lowest BCUT2D eigenvalue weighted by atomic mass is 9.50. The number of amides is 2. The lowest BCUT2D eigenvalue weighted by Crippen LogP contribution is -2.50. The predicted octanol–water partition coefficient (Wildman–Crippen LogP) is 3.99. The molecule has 3 N–H and O–H groups in total. The standard InChI is InChI=1S/C27H31N3O3S/c1-33-16-5-10-22-21(12-16)23(13-29-22)34-14-15(28)4-2-3-11-30-26(31)24-19-8-9-20(25(24)27(30)32)18-7-6-17(18)19/h5-10,12-13,15,17-20,24-25,29H,2-4,11,14,28H2,1H3. The van der Waals surface area contributed by atoms with Crippen LogP contribution in [-0.4, -0.2) is 47.1 Å². The van der Waals surface area contributed by atoms with Crippen LogP contribution >= 0.6 is 11.8 Å². The Hall–Kier alpha value is -2.51. The zero-order chi connectivity index (χ0) is 23.4. The molecule has 34 heavy (non-hydrogen) atoms. The Morgan fingerprint density at radius 1 is 1.03 bits per heavy atom. The number of aromatic nitrogens is 1. The molecule has 2 fully saturated rings. The number of likely N-dealkylation sites (tertiary alicyclic amines) is 1. The van der Waals surface area contributed by atoms with E-state index in [1.807, 2.05) is 24.4 Å². The van der Waals surface area contributed by atoms with Crippen LogP contribution in [0.15, 0.2) is 53.6 Å². The summed E-state index contributed by atoms with van der Waals surface area (Å²) in [5.41, 5.74) is 7.49. The predicted molar refractivity (Wildman–Crippen MR) is 133 cm³/mol. The maximum absolute atomic E-state index is 13.1. The van der Waals surface area contributed by atoms with Crippen molar-refractivity contribution in [3.05, 3.63) is 48.7 Å². The molecule has 1 saturated heterocycles. The third-order valence-corrected chi connectivity index (χ3v) is 9.52. The van der Waals surface area contributed by atoms with Gasteiger partial charge in [0.2, 0.25) is 11.8 Å². The summed E-state index contributed by atoms with van der Waals surface area (Å²) in [6, 6.07) is 6.09. The SMILES string of the molecule is COc1ccc2[nH]cc(SCC(N)CCCCN3C(=O)C4C5C=CC(C6C=CC65)C4C3=O)c2c1. The topological polar surface area (TPSA) is 88.4 Å². The number of benzene rings is 1. The van der Waals surface area contributed by atoms with Gasteiger partial charge in [0.1, 0.15) is 5.75 Å². The van der Waals surface area contributed by atoms with Crippen molar-refractivity contribution in [2.24, 2.45) is 41.2 Å². The first-order valence-electron chi connectivity index (χ1n) is 12.3. The summed E-state index contributed by atoms with van der Waals surface area (Å²) in [5.74, 6) is 2.85. The number of fused-ring (bicyclic) bond motifs is 1. The van der Waals surface area contributed by atoms with Crippen LogP contribution in [0.4, 0.5) is 0 Å². The van der Waals surface area contributed by atoms with E-state index in [0.29, 0.717) is 18.4 Å². The number of methoxy groups -OCH3 is 1. The molecule has 2 bridgehead atoms. The third kappa shape index (κ3) is 3.43. The van der Waals surface area contributed by atoms with E-state index in [4.69, 9.17) is 10.5 Å². The summed E-state index contributed by atoms with van der Waals surface area (Å²) in [4.78, 5) is 32.3. The Morgan fingerprint density at radius 3 is 2.35 bits per heavy atom. The summed E-state index contributed by atoms with van der Waals surface area (Å²) in [5, 5.41) is 1.15. The number of unbranched alkanes of at least 4 members (excludes halogenated alkanes) is 1. The number of H-pyrrole nitrogens is 1. The molecule has 2 amide bonds. The number of carbonyl (C=O) groups is 2. The van der Waals surface area contributed by atoms with E-state index in [1.54, 1.807) is 23.8 Å². The van der Waals surface area contributed by atoms with Crippen LogP contribution in [0.25, 0.3) is 10.9 Å². The monoisotopic (exact) mass is 477 g/mol. The number of thioether (sulfide) groups is 1. The maximum Gasteiger partial charge on any atom is 0.233 e. The Labute approximate surface area is 204 Å². The van der Waals surface area contributed by atoms with Crippen molar-refractivity contribution in [3.63, 3.8) is 0 Å². The van der Waals surface area contributed by atoms with Crippen molar-refractivity contribution >= 4 is 34.5 Å². The molecule has 1 aromatic heterocycles. The highest BCUT2D eigenvalue weighted by molar-refractivity contribution is 7.99. The Morgan fingerprint density at radius 2 is 1.71 bits per heavy atom. The van der Waals surface area contributed by atoms with Gasteiger partial charge in [-0.05, 0) is 54.7 Å². The number of ether oxygens (including phenoxy) is 1. The first kappa shape index (κ1) is 22.0. The van der Waals surface area contributed by atoms with Crippen molar-refractivity contribution in [2.45, 2.75) is 30.2 Å².